The van der Waals surface area contributed by atoms with E-state index >= 15 is 0 Å². The molecule has 1 aliphatic heterocycles. The summed E-state index contributed by atoms with van der Waals surface area (Å²) in [4.78, 5) is 14.4. The number of hydrogen-bond donors (Lipinski definition) is 2. The fourth-order valence-electron chi connectivity index (χ4n) is 4.75. The van der Waals surface area contributed by atoms with Crippen molar-refractivity contribution in [2.75, 3.05) is 6.61 Å². The number of thiazole rings is 1. The quantitative estimate of drug-likeness (QED) is 0.259. The molecule has 0 saturated heterocycles. The zero-order chi connectivity index (χ0) is 26.0. The Labute approximate surface area is 219 Å². The summed E-state index contributed by atoms with van der Waals surface area (Å²) in [6.07, 6.45) is 3.00. The predicted molar refractivity (Wildman–Crippen MR) is 147 cm³/mol. The van der Waals surface area contributed by atoms with Crippen LogP contribution >= 0.6 is 11.3 Å². The van der Waals surface area contributed by atoms with Crippen LogP contribution in [0.2, 0.25) is 0 Å². The van der Waals surface area contributed by atoms with Crippen LogP contribution in [-0.2, 0) is 22.7 Å². The number of benzene rings is 3. The Balaban J connectivity index is 1.29. The molecule has 8 heteroatoms. The molecule has 0 bridgehead atoms. The second-order valence-electron chi connectivity index (χ2n) is 8.94. The van der Waals surface area contributed by atoms with Crippen molar-refractivity contribution in [3.8, 4) is 22.1 Å². The number of H-pyrrole nitrogens is 1. The molecule has 1 aromatic heterocycles. The van der Waals surface area contributed by atoms with Gasteiger partial charge in [-0.15, -0.1) is 0 Å². The minimum absolute atomic E-state index is 0.131. The van der Waals surface area contributed by atoms with Crippen molar-refractivity contribution in [1.29, 1.82) is 0 Å². The number of aromatic hydroxyl groups is 1. The number of sulfone groups is 1. The number of nitrogens with one attached hydrogen (secondary N) is 1. The number of ether oxygens (including phenoxy) is 1. The van der Waals surface area contributed by atoms with Gasteiger partial charge in [-0.25, -0.2) is 8.42 Å². The number of fused-ring (bicyclic) bond motifs is 1. The highest BCUT2D eigenvalue weighted by molar-refractivity contribution is 7.95. The standard InChI is InChI=1S/C29H27NO5S2/c1-2-7-23-20(13-16-24-25(18-37(33,34)27(23)24)19-8-4-3-5-9-19)10-6-17-35-22-14-11-21(12-15-22)26-28(31)30-29(32)36-26/h3-5,8-9,11-16,18,31H,2,6-7,10,17H2,1H3,(H,30,32). The molecule has 4 aromatic rings. The summed E-state index contributed by atoms with van der Waals surface area (Å²) >= 11 is 0.956. The summed E-state index contributed by atoms with van der Waals surface area (Å²) in [6, 6.07) is 20.9. The maximum absolute atomic E-state index is 13.2. The van der Waals surface area contributed by atoms with Gasteiger partial charge in [-0.3, -0.25) is 9.78 Å². The predicted octanol–water partition coefficient (Wildman–Crippen LogP) is 5.95. The number of aromatic amines is 1. The molecule has 0 radical (unpaired) electrons. The van der Waals surface area contributed by atoms with Crippen LogP contribution in [0.25, 0.3) is 16.0 Å². The highest BCUT2D eigenvalue weighted by atomic mass is 32.2. The molecule has 3 aromatic carbocycles. The average Bonchev–Trinajstić information content (AvgIpc) is 3.38. The molecule has 37 heavy (non-hydrogen) atoms. The van der Waals surface area contributed by atoms with Gasteiger partial charge in [-0.2, -0.15) is 0 Å². The summed E-state index contributed by atoms with van der Waals surface area (Å²) in [5.74, 6) is 0.558. The van der Waals surface area contributed by atoms with Crippen molar-refractivity contribution in [3.63, 3.8) is 0 Å². The van der Waals surface area contributed by atoms with Crippen molar-refractivity contribution >= 4 is 26.7 Å². The first-order valence-electron chi connectivity index (χ1n) is 12.2. The molecule has 0 atom stereocenters. The first-order valence-corrected chi connectivity index (χ1v) is 14.6. The van der Waals surface area contributed by atoms with Crippen molar-refractivity contribution in [1.82, 2.24) is 4.98 Å². The van der Waals surface area contributed by atoms with Crippen LogP contribution in [0, 0.1) is 0 Å². The normalized spacial score (nSPS) is 13.8. The van der Waals surface area contributed by atoms with E-state index in [2.05, 4.69) is 18.0 Å². The summed E-state index contributed by atoms with van der Waals surface area (Å²) in [5, 5.41) is 11.3. The van der Waals surface area contributed by atoms with Gasteiger partial charge in [0.1, 0.15) is 5.75 Å². The van der Waals surface area contributed by atoms with Crippen molar-refractivity contribution in [2.24, 2.45) is 0 Å². The van der Waals surface area contributed by atoms with E-state index in [1.807, 2.05) is 36.4 Å². The average molecular weight is 534 g/mol. The smallest absolute Gasteiger partial charge is 0.307 e. The third-order valence-corrected chi connectivity index (χ3v) is 8.90. The second kappa shape index (κ2) is 10.4. The molecule has 5 rings (SSSR count). The summed E-state index contributed by atoms with van der Waals surface area (Å²) in [7, 11) is -3.51. The van der Waals surface area contributed by atoms with Crippen LogP contribution in [-0.4, -0.2) is 25.1 Å². The van der Waals surface area contributed by atoms with Crippen molar-refractivity contribution in [2.45, 2.75) is 37.5 Å². The van der Waals surface area contributed by atoms with Gasteiger partial charge in [0.15, 0.2) is 0 Å². The van der Waals surface area contributed by atoms with E-state index in [1.54, 1.807) is 24.3 Å². The Morgan fingerprint density at radius 2 is 1.70 bits per heavy atom. The Hall–Kier alpha value is -3.62. The molecule has 6 nitrogen and oxygen atoms in total. The van der Waals surface area contributed by atoms with Gasteiger partial charge in [0.2, 0.25) is 15.7 Å². The molecule has 0 spiro atoms. The summed E-state index contributed by atoms with van der Waals surface area (Å²) < 4.78 is 32.3. The highest BCUT2D eigenvalue weighted by Crippen LogP contribution is 2.41. The first-order chi connectivity index (χ1) is 17.9. The van der Waals surface area contributed by atoms with E-state index in [0.29, 0.717) is 35.0 Å². The second-order valence-corrected chi connectivity index (χ2v) is 11.7. The largest absolute Gasteiger partial charge is 0.494 e. The van der Waals surface area contributed by atoms with E-state index in [9.17, 15) is 18.3 Å². The molecular weight excluding hydrogens is 506 g/mol. The Kier molecular flexibility index (Phi) is 7.04. The molecule has 2 N–H and O–H groups in total. The minimum Gasteiger partial charge on any atom is -0.494 e. The van der Waals surface area contributed by atoms with E-state index in [-0.39, 0.29) is 10.8 Å². The lowest BCUT2D eigenvalue weighted by Gasteiger charge is -2.15. The van der Waals surface area contributed by atoms with E-state index < -0.39 is 9.84 Å². The molecule has 190 valence electrons. The van der Waals surface area contributed by atoms with Crippen LogP contribution in [0.3, 0.4) is 0 Å². The Morgan fingerprint density at radius 1 is 0.946 bits per heavy atom. The van der Waals surface area contributed by atoms with Gasteiger partial charge in [-0.05, 0) is 65.8 Å². The van der Waals surface area contributed by atoms with E-state index in [1.165, 1.54) is 5.41 Å². The molecular formula is C29H27NO5S2. The van der Waals surface area contributed by atoms with Gasteiger partial charge in [0, 0.05) is 16.5 Å². The lowest BCUT2D eigenvalue weighted by molar-refractivity contribution is 0.311. The lowest BCUT2D eigenvalue weighted by Crippen LogP contribution is -2.07. The lowest BCUT2D eigenvalue weighted by atomic mass is 9.92. The fourth-order valence-corrected chi connectivity index (χ4v) is 7.24. The maximum Gasteiger partial charge on any atom is 0.307 e. The monoisotopic (exact) mass is 533 g/mol. The molecule has 0 unspecified atom stereocenters. The maximum atomic E-state index is 13.2. The van der Waals surface area contributed by atoms with Crippen LogP contribution in [0.15, 0.2) is 81.8 Å². The van der Waals surface area contributed by atoms with Gasteiger partial charge in [-0.1, -0.05) is 67.1 Å². The molecule has 0 amide bonds. The third-order valence-electron chi connectivity index (χ3n) is 6.40. The zero-order valence-corrected chi connectivity index (χ0v) is 22.0. The Bertz CT molecular complexity index is 1620. The fraction of sp³-hybridized carbons (Fsp3) is 0.207. The molecule has 1 aliphatic rings. The number of rotatable bonds is 9. The molecule has 0 fully saturated rings. The van der Waals surface area contributed by atoms with Crippen LogP contribution in [0.5, 0.6) is 11.6 Å². The summed E-state index contributed by atoms with van der Waals surface area (Å²) in [6.45, 7) is 2.54. The number of hydrogen-bond acceptors (Lipinski definition) is 6. The number of aromatic nitrogens is 1. The van der Waals surface area contributed by atoms with Gasteiger partial charge < -0.3 is 9.84 Å². The van der Waals surface area contributed by atoms with Gasteiger partial charge in [0.05, 0.1) is 16.4 Å². The van der Waals surface area contributed by atoms with Crippen molar-refractivity contribution in [3.05, 3.63) is 104 Å². The number of aryl methyl sites for hydroxylation is 1. The third kappa shape index (κ3) is 5.12. The highest BCUT2D eigenvalue weighted by Gasteiger charge is 2.31. The minimum atomic E-state index is -3.51. The zero-order valence-electron chi connectivity index (χ0n) is 20.4. The van der Waals surface area contributed by atoms with E-state index in [4.69, 9.17) is 4.74 Å². The van der Waals surface area contributed by atoms with Crippen molar-refractivity contribution < 1.29 is 18.3 Å². The molecule has 0 aliphatic carbocycles. The van der Waals surface area contributed by atoms with Gasteiger partial charge in [0.25, 0.3) is 0 Å². The molecule has 2 heterocycles. The first kappa shape index (κ1) is 25.0. The Morgan fingerprint density at radius 3 is 2.38 bits per heavy atom. The topological polar surface area (TPSA) is 96.5 Å². The SMILES string of the molecule is CCCc1c(CCCOc2ccc(-c3sc(=O)[nH]c3O)cc2)ccc2c1S(=O)(=O)C=C2c1ccccc1. The van der Waals surface area contributed by atoms with E-state index in [0.717, 1.165) is 57.6 Å². The molecule has 0 saturated carbocycles. The summed E-state index contributed by atoms with van der Waals surface area (Å²) in [5.41, 5.74) is 5.14. The van der Waals surface area contributed by atoms with Crippen LogP contribution in [0.4, 0.5) is 0 Å². The van der Waals surface area contributed by atoms with Gasteiger partial charge >= 0.3 is 4.87 Å². The van der Waals surface area contributed by atoms with Crippen LogP contribution < -0.4 is 9.61 Å². The van der Waals surface area contributed by atoms with Crippen LogP contribution in [0.1, 0.15) is 42.0 Å².